The lowest BCUT2D eigenvalue weighted by Gasteiger charge is -2.25. The van der Waals surface area contributed by atoms with E-state index in [2.05, 4.69) is 44.0 Å². The molecule has 0 aliphatic carbocycles. The maximum atomic E-state index is 12.5. The largest absolute Gasteiger partial charge is 0.459 e. The van der Waals surface area contributed by atoms with Gasteiger partial charge in [-0.2, -0.15) is 8.42 Å². The molecule has 0 heterocycles. The summed E-state index contributed by atoms with van der Waals surface area (Å²) in [7, 11) is -10.6. The SMILES string of the molecule is CC(C)(C)OC(=O)[C@H](CCOS(=O)(=O)CC[Si](C)(C)C)NS(=O)(=O)CC[Si](C)(C)C. The Bertz CT molecular complexity index is 762. The first-order valence-corrected chi connectivity index (χ1v) is 20.9. The lowest BCUT2D eigenvalue weighted by Crippen LogP contribution is -2.46. The lowest BCUT2D eigenvalue weighted by molar-refractivity contribution is -0.157. The molecule has 1 N–H and O–H groups in total. The van der Waals surface area contributed by atoms with Gasteiger partial charge in [-0.25, -0.2) is 13.1 Å². The van der Waals surface area contributed by atoms with Crippen molar-refractivity contribution < 1.29 is 30.6 Å². The number of carbonyl (C=O) groups is 1. The maximum Gasteiger partial charge on any atom is 0.324 e. The molecule has 30 heavy (non-hydrogen) atoms. The standard InChI is InChI=1S/C18H41NO7S2Si2/c1-18(2,3)26-17(20)16(19-27(21,22)12-14-29(4,5)6)10-11-25-28(23,24)13-15-30(7,8)9/h16,19H,10-15H2,1-9H3/t16-/m0/s1. The number of rotatable bonds is 13. The summed E-state index contributed by atoms with van der Waals surface area (Å²) in [6.07, 6.45) is -0.132. The van der Waals surface area contributed by atoms with E-state index >= 15 is 0 Å². The summed E-state index contributed by atoms with van der Waals surface area (Å²) in [4.78, 5) is 12.5. The molecule has 0 spiro atoms. The van der Waals surface area contributed by atoms with Crippen LogP contribution in [0.25, 0.3) is 0 Å². The second-order valence-electron chi connectivity index (χ2n) is 11.0. The Morgan fingerprint density at radius 3 is 1.80 bits per heavy atom. The molecule has 8 nitrogen and oxygen atoms in total. The highest BCUT2D eigenvalue weighted by atomic mass is 32.2. The minimum Gasteiger partial charge on any atom is -0.459 e. The van der Waals surface area contributed by atoms with Crippen molar-refractivity contribution in [2.24, 2.45) is 0 Å². The van der Waals surface area contributed by atoms with Gasteiger partial charge in [-0.15, -0.1) is 0 Å². The molecule has 0 bridgehead atoms. The summed E-state index contributed by atoms with van der Waals surface area (Å²) in [6, 6.07) is -0.0953. The minimum atomic E-state index is -3.73. The van der Waals surface area contributed by atoms with Crippen molar-refractivity contribution in [1.82, 2.24) is 4.72 Å². The fraction of sp³-hybridized carbons (Fsp3) is 0.944. The predicted octanol–water partition coefficient (Wildman–Crippen LogP) is 3.03. The number of hydrogen-bond acceptors (Lipinski definition) is 7. The molecule has 0 aromatic heterocycles. The van der Waals surface area contributed by atoms with Crippen LogP contribution in [0.1, 0.15) is 27.2 Å². The van der Waals surface area contributed by atoms with E-state index in [4.69, 9.17) is 8.92 Å². The van der Waals surface area contributed by atoms with E-state index < -0.39 is 53.9 Å². The van der Waals surface area contributed by atoms with Gasteiger partial charge < -0.3 is 4.74 Å². The van der Waals surface area contributed by atoms with Crippen LogP contribution in [0, 0.1) is 0 Å². The Hall–Kier alpha value is -0.276. The molecule has 0 aromatic carbocycles. The van der Waals surface area contributed by atoms with Crippen molar-refractivity contribution in [2.45, 2.75) is 90.2 Å². The zero-order valence-electron chi connectivity index (χ0n) is 20.0. The zero-order valence-corrected chi connectivity index (χ0v) is 23.6. The second kappa shape index (κ2) is 11.0. The third-order valence-corrected chi connectivity index (χ3v) is 10.7. The molecule has 0 rings (SSSR count). The molecule has 180 valence electrons. The summed E-state index contributed by atoms with van der Waals surface area (Å²) >= 11 is 0. The van der Waals surface area contributed by atoms with E-state index in [0.717, 1.165) is 0 Å². The predicted molar refractivity (Wildman–Crippen MR) is 127 cm³/mol. The fourth-order valence-electron chi connectivity index (χ4n) is 2.10. The monoisotopic (exact) mass is 503 g/mol. The van der Waals surface area contributed by atoms with Gasteiger partial charge in [0.15, 0.2) is 0 Å². The summed E-state index contributed by atoms with van der Waals surface area (Å²) in [5, 5.41) is 0. The molecule has 12 heteroatoms. The van der Waals surface area contributed by atoms with Crippen LogP contribution in [0.4, 0.5) is 0 Å². The molecule has 0 aromatic rings. The number of sulfonamides is 1. The van der Waals surface area contributed by atoms with Crippen LogP contribution < -0.4 is 4.72 Å². The fourth-order valence-corrected chi connectivity index (χ4v) is 10.3. The normalized spacial score (nSPS) is 15.1. The Kier molecular flexibility index (Phi) is 10.9. The molecule has 1 atom stereocenters. The van der Waals surface area contributed by atoms with Crippen molar-refractivity contribution >= 4 is 42.3 Å². The van der Waals surface area contributed by atoms with Gasteiger partial charge >= 0.3 is 5.97 Å². The Morgan fingerprint density at radius 2 is 1.37 bits per heavy atom. The highest BCUT2D eigenvalue weighted by Gasteiger charge is 2.30. The summed E-state index contributed by atoms with van der Waals surface area (Å²) in [5.74, 6) is -0.915. The molecule has 0 aliphatic heterocycles. The Morgan fingerprint density at radius 1 is 0.900 bits per heavy atom. The third kappa shape index (κ3) is 16.4. The summed E-state index contributed by atoms with van der Waals surface area (Å²) < 4.78 is 61.9. The van der Waals surface area contributed by atoms with Gasteiger partial charge in [0.05, 0.1) is 18.1 Å². The van der Waals surface area contributed by atoms with Gasteiger partial charge in [0.25, 0.3) is 10.1 Å². The minimum absolute atomic E-state index is 0.0816. The van der Waals surface area contributed by atoms with Crippen molar-refractivity contribution in [1.29, 1.82) is 0 Å². The second-order valence-corrected chi connectivity index (χ2v) is 25.9. The van der Waals surface area contributed by atoms with E-state index in [1.54, 1.807) is 20.8 Å². The van der Waals surface area contributed by atoms with Gasteiger partial charge in [0.1, 0.15) is 11.6 Å². The quantitative estimate of drug-likeness (QED) is 0.233. The van der Waals surface area contributed by atoms with Crippen LogP contribution in [-0.2, 0) is 33.9 Å². The topological polar surface area (TPSA) is 116 Å². The summed E-state index contributed by atoms with van der Waals surface area (Å²) in [6.45, 7) is 17.1. The molecule has 0 saturated heterocycles. The van der Waals surface area contributed by atoms with Crippen LogP contribution in [0.15, 0.2) is 0 Å². The van der Waals surface area contributed by atoms with E-state index in [0.29, 0.717) is 12.1 Å². The van der Waals surface area contributed by atoms with Crippen LogP contribution in [0.3, 0.4) is 0 Å². The maximum absolute atomic E-state index is 12.5. The molecular formula is C18H41NO7S2Si2. The highest BCUT2D eigenvalue weighted by molar-refractivity contribution is 7.89. The first-order valence-electron chi connectivity index (χ1n) is 10.2. The third-order valence-electron chi connectivity index (χ3n) is 3.91. The first-order chi connectivity index (χ1) is 13.1. The number of ether oxygens (including phenoxy) is 1. The van der Waals surface area contributed by atoms with Gasteiger partial charge in [0, 0.05) is 16.1 Å². The Labute approximate surface area is 185 Å². The van der Waals surface area contributed by atoms with Crippen LogP contribution in [0.5, 0.6) is 0 Å². The number of esters is 1. The van der Waals surface area contributed by atoms with Crippen LogP contribution in [0.2, 0.25) is 51.4 Å². The van der Waals surface area contributed by atoms with Gasteiger partial charge in [-0.1, -0.05) is 39.3 Å². The van der Waals surface area contributed by atoms with Crippen LogP contribution in [-0.4, -0.2) is 68.7 Å². The number of carbonyl (C=O) groups excluding carboxylic acids is 1. The molecule has 0 amide bonds. The van der Waals surface area contributed by atoms with Gasteiger partial charge in [-0.05, 0) is 39.3 Å². The number of nitrogens with one attached hydrogen (secondary N) is 1. The van der Waals surface area contributed by atoms with Crippen LogP contribution >= 0.6 is 0 Å². The molecular weight excluding hydrogens is 463 g/mol. The van der Waals surface area contributed by atoms with Crippen molar-refractivity contribution in [3.05, 3.63) is 0 Å². The molecule has 0 saturated carbocycles. The number of hydrogen-bond donors (Lipinski definition) is 1. The van der Waals surface area contributed by atoms with E-state index in [-0.39, 0.29) is 24.5 Å². The van der Waals surface area contributed by atoms with Crippen molar-refractivity contribution in [2.75, 3.05) is 18.1 Å². The van der Waals surface area contributed by atoms with Gasteiger partial charge in [0.2, 0.25) is 10.0 Å². The lowest BCUT2D eigenvalue weighted by atomic mass is 10.2. The molecule has 0 unspecified atom stereocenters. The van der Waals surface area contributed by atoms with E-state index in [1.165, 1.54) is 0 Å². The summed E-state index contributed by atoms with van der Waals surface area (Å²) in [5.41, 5.74) is -0.802. The zero-order chi connectivity index (χ0) is 24.0. The van der Waals surface area contributed by atoms with Crippen molar-refractivity contribution in [3.8, 4) is 0 Å². The van der Waals surface area contributed by atoms with Gasteiger partial charge in [-0.3, -0.25) is 8.98 Å². The van der Waals surface area contributed by atoms with Crippen molar-refractivity contribution in [3.63, 3.8) is 0 Å². The highest BCUT2D eigenvalue weighted by Crippen LogP contribution is 2.14. The van der Waals surface area contributed by atoms with E-state index in [9.17, 15) is 21.6 Å². The molecule has 0 aliphatic rings. The molecule has 0 radical (unpaired) electrons. The Balaban J connectivity index is 5.13. The van der Waals surface area contributed by atoms with E-state index in [1.807, 2.05) is 0 Å². The average molecular weight is 504 g/mol. The smallest absolute Gasteiger partial charge is 0.324 e. The average Bonchev–Trinajstić information content (AvgIpc) is 2.47. The molecule has 0 fully saturated rings. The first kappa shape index (κ1) is 29.7.